The van der Waals surface area contributed by atoms with Gasteiger partial charge < -0.3 is 4.74 Å². The van der Waals surface area contributed by atoms with Crippen LogP contribution in [0.25, 0.3) is 0 Å². The Labute approximate surface area is 120 Å². The van der Waals surface area contributed by atoms with Crippen LogP contribution in [0.4, 0.5) is 30.7 Å². The molecule has 0 saturated heterocycles. The summed E-state index contributed by atoms with van der Waals surface area (Å²) < 4.78 is 97.1. The first-order chi connectivity index (χ1) is 10.1. The van der Waals surface area contributed by atoms with E-state index in [2.05, 4.69) is 4.74 Å². The maximum Gasteiger partial charge on any atom is 0.429 e. The van der Waals surface area contributed by atoms with Gasteiger partial charge in [-0.15, -0.1) is 0 Å². The van der Waals surface area contributed by atoms with E-state index in [1.807, 2.05) is 0 Å². The van der Waals surface area contributed by atoms with Crippen molar-refractivity contribution in [2.24, 2.45) is 0 Å². The van der Waals surface area contributed by atoms with Crippen LogP contribution in [-0.4, -0.2) is 7.85 Å². The molecule has 0 heterocycles. The van der Waals surface area contributed by atoms with Gasteiger partial charge in [0.25, 0.3) is 0 Å². The number of ether oxygens (including phenoxy) is 1. The molecule has 0 spiro atoms. The Balaban J connectivity index is 2.42. The number of hydrogen-bond acceptors (Lipinski definition) is 1. The molecule has 0 fully saturated rings. The Kier molecular flexibility index (Phi) is 4.08. The highest BCUT2D eigenvalue weighted by molar-refractivity contribution is 6.32. The third-order valence-corrected chi connectivity index (χ3v) is 2.79. The van der Waals surface area contributed by atoms with E-state index >= 15 is 0 Å². The van der Waals surface area contributed by atoms with Gasteiger partial charge in [0.05, 0.1) is 0 Å². The van der Waals surface area contributed by atoms with Crippen molar-refractivity contribution in [2.45, 2.75) is 6.11 Å². The minimum absolute atomic E-state index is 0.161. The monoisotopic (exact) mass is 322 g/mol. The smallest absolute Gasteiger partial charge is 0.429 e. The molecule has 116 valence electrons. The van der Waals surface area contributed by atoms with Crippen LogP contribution in [0, 0.1) is 29.1 Å². The Morgan fingerprint density at radius 3 is 1.91 bits per heavy atom. The highest BCUT2D eigenvalue weighted by Gasteiger charge is 2.39. The van der Waals surface area contributed by atoms with Crippen molar-refractivity contribution in [3.63, 3.8) is 0 Å². The largest absolute Gasteiger partial charge is 0.429 e. The van der Waals surface area contributed by atoms with E-state index in [-0.39, 0.29) is 17.6 Å². The summed E-state index contributed by atoms with van der Waals surface area (Å²) in [6, 6.07) is 1.78. The number of halogens is 7. The van der Waals surface area contributed by atoms with Crippen LogP contribution in [0.1, 0.15) is 5.56 Å². The second kappa shape index (κ2) is 5.55. The molecular formula is C13H6BF7O. The predicted molar refractivity (Wildman–Crippen MR) is 65.4 cm³/mol. The molecule has 0 unspecified atom stereocenters. The Morgan fingerprint density at radius 2 is 1.36 bits per heavy atom. The first kappa shape index (κ1) is 16.2. The summed E-state index contributed by atoms with van der Waals surface area (Å²) in [5.41, 5.74) is -1.67. The number of rotatable bonds is 3. The van der Waals surface area contributed by atoms with Gasteiger partial charge in [-0.1, -0.05) is 11.5 Å². The lowest BCUT2D eigenvalue weighted by molar-refractivity contribution is -0.187. The van der Waals surface area contributed by atoms with Crippen molar-refractivity contribution in [1.82, 2.24) is 0 Å². The second-order valence-electron chi connectivity index (χ2n) is 4.38. The van der Waals surface area contributed by atoms with Gasteiger partial charge in [-0.25, -0.2) is 22.0 Å². The van der Waals surface area contributed by atoms with Gasteiger partial charge in [-0.2, -0.15) is 8.78 Å². The average Bonchev–Trinajstić information content (AvgIpc) is 2.41. The molecule has 2 rings (SSSR count). The fourth-order valence-corrected chi connectivity index (χ4v) is 1.66. The molecule has 0 N–H and O–H groups in total. The molecule has 2 aromatic carbocycles. The van der Waals surface area contributed by atoms with Crippen LogP contribution in [0.5, 0.6) is 5.75 Å². The van der Waals surface area contributed by atoms with Crippen molar-refractivity contribution in [1.29, 1.82) is 0 Å². The van der Waals surface area contributed by atoms with E-state index in [0.29, 0.717) is 6.07 Å². The van der Waals surface area contributed by atoms with Crippen molar-refractivity contribution in [2.75, 3.05) is 0 Å². The highest BCUT2D eigenvalue weighted by atomic mass is 19.3. The zero-order valence-corrected chi connectivity index (χ0v) is 10.9. The maximum atomic E-state index is 13.8. The number of benzene rings is 2. The average molecular weight is 322 g/mol. The molecule has 0 bridgehead atoms. The van der Waals surface area contributed by atoms with Crippen LogP contribution in [0.2, 0.25) is 0 Å². The summed E-state index contributed by atoms with van der Waals surface area (Å²) in [4.78, 5) is 0. The third kappa shape index (κ3) is 2.88. The molecule has 0 radical (unpaired) electrons. The van der Waals surface area contributed by atoms with Gasteiger partial charge >= 0.3 is 6.11 Å². The molecule has 0 atom stereocenters. The fraction of sp³-hybridized carbons (Fsp3) is 0.0769. The summed E-state index contributed by atoms with van der Waals surface area (Å²) in [5, 5.41) is 0. The van der Waals surface area contributed by atoms with Crippen LogP contribution in [-0.2, 0) is 6.11 Å². The van der Waals surface area contributed by atoms with Gasteiger partial charge in [-0.3, -0.25) is 0 Å². The first-order valence-electron chi connectivity index (χ1n) is 5.80. The molecule has 22 heavy (non-hydrogen) atoms. The van der Waals surface area contributed by atoms with E-state index in [9.17, 15) is 30.7 Å². The molecule has 0 aliphatic heterocycles. The van der Waals surface area contributed by atoms with Gasteiger partial charge in [0, 0.05) is 12.1 Å². The predicted octanol–water partition coefficient (Wildman–Crippen LogP) is 2.77. The molecule has 2 aromatic rings. The van der Waals surface area contributed by atoms with E-state index in [4.69, 9.17) is 0 Å². The number of hydrogen-bond donors (Lipinski definition) is 0. The number of alkyl halides is 2. The van der Waals surface area contributed by atoms with Crippen molar-refractivity contribution < 1.29 is 35.5 Å². The fourth-order valence-electron chi connectivity index (χ4n) is 1.66. The lowest BCUT2D eigenvalue weighted by atomic mass is 9.94. The maximum absolute atomic E-state index is 13.8. The summed E-state index contributed by atoms with van der Waals surface area (Å²) in [6.45, 7) is 0. The van der Waals surface area contributed by atoms with Crippen molar-refractivity contribution >= 4 is 13.3 Å². The van der Waals surface area contributed by atoms with Gasteiger partial charge in [-0.05, 0) is 6.07 Å². The lowest BCUT2D eigenvalue weighted by Gasteiger charge is -2.19. The van der Waals surface area contributed by atoms with Crippen LogP contribution >= 0.6 is 0 Å². The van der Waals surface area contributed by atoms with E-state index in [1.54, 1.807) is 0 Å². The minimum atomic E-state index is -4.42. The molecule has 1 nitrogen and oxygen atoms in total. The normalized spacial score (nSPS) is 11.6. The molecule has 0 aliphatic carbocycles. The minimum Gasteiger partial charge on any atom is -0.429 e. The lowest BCUT2D eigenvalue weighted by Crippen LogP contribution is -2.26. The van der Waals surface area contributed by atoms with E-state index < -0.39 is 46.5 Å². The van der Waals surface area contributed by atoms with Gasteiger partial charge in [0.1, 0.15) is 19.2 Å². The van der Waals surface area contributed by atoms with E-state index in [0.717, 1.165) is 13.9 Å². The van der Waals surface area contributed by atoms with Crippen LogP contribution < -0.4 is 10.2 Å². The molecule has 9 heteroatoms. The Hall–Kier alpha value is -2.19. The zero-order chi connectivity index (χ0) is 16.7. The van der Waals surface area contributed by atoms with Gasteiger partial charge in [0.2, 0.25) is 0 Å². The highest BCUT2D eigenvalue weighted by Crippen LogP contribution is 2.34. The van der Waals surface area contributed by atoms with Crippen LogP contribution in [0.15, 0.2) is 24.3 Å². The topological polar surface area (TPSA) is 9.23 Å². The van der Waals surface area contributed by atoms with Gasteiger partial charge in [0.15, 0.2) is 29.1 Å². The zero-order valence-electron chi connectivity index (χ0n) is 10.9. The SMILES string of the molecule is Bc1ccc(C(F)(F)Oc2cc(F)c(F)c(F)c2)c(F)c1F. The summed E-state index contributed by atoms with van der Waals surface area (Å²) in [6.07, 6.45) is -4.42. The second-order valence-corrected chi connectivity index (χ2v) is 4.38. The molecule has 0 saturated carbocycles. The standard InChI is InChI=1S/C13H6BF7O/c14-7-2-1-6(10(17)11(7)18)13(20,21)22-5-3-8(15)12(19)9(16)4-5/h1-4H,14H2. The third-order valence-electron chi connectivity index (χ3n) is 2.79. The Bertz CT molecular complexity index is 710. The molecular weight excluding hydrogens is 316 g/mol. The quantitative estimate of drug-likeness (QED) is 0.480. The van der Waals surface area contributed by atoms with E-state index in [1.165, 1.54) is 0 Å². The summed E-state index contributed by atoms with van der Waals surface area (Å²) in [5.74, 6) is -9.84. The van der Waals surface area contributed by atoms with Crippen LogP contribution in [0.3, 0.4) is 0 Å². The first-order valence-corrected chi connectivity index (χ1v) is 5.80. The summed E-state index contributed by atoms with van der Waals surface area (Å²) >= 11 is 0. The molecule has 0 amide bonds. The molecule has 0 aliphatic rings. The molecule has 0 aromatic heterocycles. The van der Waals surface area contributed by atoms with Crippen molar-refractivity contribution in [3.8, 4) is 5.75 Å². The van der Waals surface area contributed by atoms with Crippen molar-refractivity contribution in [3.05, 3.63) is 58.9 Å². The Morgan fingerprint density at radius 1 is 0.818 bits per heavy atom. The summed E-state index contributed by atoms with van der Waals surface area (Å²) in [7, 11) is 1.16.